The zero-order valence-corrected chi connectivity index (χ0v) is 24.0. The van der Waals surface area contributed by atoms with Crippen LogP contribution in [-0.4, -0.2) is 76.5 Å². The van der Waals surface area contributed by atoms with Crippen LogP contribution in [0.1, 0.15) is 58.9 Å². The van der Waals surface area contributed by atoms with Crippen molar-refractivity contribution in [1.82, 2.24) is 21.3 Å². The summed E-state index contributed by atoms with van der Waals surface area (Å²) in [6.07, 6.45) is -0.0412. The quantitative estimate of drug-likeness (QED) is 0.126. The van der Waals surface area contributed by atoms with Crippen molar-refractivity contribution < 1.29 is 39.0 Å². The molecule has 4 amide bonds. The molecular weight excluding hydrogens is 534 g/mol. The standard InChI is InChI=1S/C28H43N5O8/c1-5-17(4)24(28(40)41)33-25(37)19(11-12-23(35)36)31-27(39)21(14-18-9-7-6-8-10-18)32-26(38)20(13-16(2)3)30-22(34)15-29/h6-10,16-17,19-21,24H,5,11-15,29H2,1-4H3,(H,30,34)(H,31,39)(H,32,38)(H,33,37)(H,35,36)(H,40,41)/t17-,19-,20-,21-,24-/m0/s1. The molecule has 8 N–H and O–H groups in total. The van der Waals surface area contributed by atoms with E-state index in [2.05, 4.69) is 21.3 Å². The molecule has 13 heteroatoms. The SMILES string of the molecule is CC[C@H](C)[C@H](NC(=O)[C@H](CCC(=O)O)NC(=O)[C@H](Cc1ccccc1)NC(=O)[C@H](CC(C)C)NC(=O)CN)C(=O)O. The third-order valence-electron chi connectivity index (χ3n) is 6.52. The second-order valence-corrected chi connectivity index (χ2v) is 10.4. The summed E-state index contributed by atoms with van der Waals surface area (Å²) < 4.78 is 0. The second-order valence-electron chi connectivity index (χ2n) is 10.4. The van der Waals surface area contributed by atoms with Crippen LogP contribution < -0.4 is 27.0 Å². The maximum Gasteiger partial charge on any atom is 0.326 e. The van der Waals surface area contributed by atoms with E-state index in [0.29, 0.717) is 12.0 Å². The zero-order valence-electron chi connectivity index (χ0n) is 24.0. The van der Waals surface area contributed by atoms with Gasteiger partial charge in [0.15, 0.2) is 0 Å². The number of benzene rings is 1. The molecule has 1 aromatic carbocycles. The molecule has 0 fully saturated rings. The first kappa shape index (κ1) is 35.0. The summed E-state index contributed by atoms with van der Waals surface area (Å²) in [4.78, 5) is 74.7. The number of carbonyl (C=O) groups excluding carboxylic acids is 4. The molecule has 0 unspecified atom stereocenters. The van der Waals surface area contributed by atoms with Gasteiger partial charge in [-0.1, -0.05) is 64.4 Å². The fraction of sp³-hybridized carbons (Fsp3) is 0.571. The number of nitrogens with two attached hydrogens (primary N) is 1. The number of nitrogens with one attached hydrogen (secondary N) is 4. The monoisotopic (exact) mass is 577 g/mol. The molecule has 0 heterocycles. The van der Waals surface area contributed by atoms with Crippen LogP contribution in [0.15, 0.2) is 30.3 Å². The second kappa shape index (κ2) is 17.6. The van der Waals surface area contributed by atoms with Crippen molar-refractivity contribution in [3.05, 3.63) is 35.9 Å². The number of carboxylic acid groups (broad SMARTS) is 2. The van der Waals surface area contributed by atoms with Crippen LogP contribution in [0.2, 0.25) is 0 Å². The zero-order chi connectivity index (χ0) is 31.1. The number of carbonyl (C=O) groups is 6. The molecule has 228 valence electrons. The van der Waals surface area contributed by atoms with E-state index in [1.807, 2.05) is 13.8 Å². The Morgan fingerprint density at radius 1 is 0.805 bits per heavy atom. The number of amides is 4. The maximum absolute atomic E-state index is 13.5. The van der Waals surface area contributed by atoms with Gasteiger partial charge in [-0.3, -0.25) is 24.0 Å². The molecule has 0 spiro atoms. The molecule has 0 aliphatic rings. The summed E-state index contributed by atoms with van der Waals surface area (Å²) in [5.41, 5.74) is 6.08. The van der Waals surface area contributed by atoms with Crippen molar-refractivity contribution in [2.75, 3.05) is 6.54 Å². The molecule has 0 saturated heterocycles. The molecule has 0 aromatic heterocycles. The number of hydrogen-bond donors (Lipinski definition) is 7. The van der Waals surface area contributed by atoms with E-state index in [9.17, 15) is 39.0 Å². The highest BCUT2D eigenvalue weighted by molar-refractivity contribution is 5.95. The predicted molar refractivity (Wildman–Crippen MR) is 150 cm³/mol. The smallest absolute Gasteiger partial charge is 0.326 e. The van der Waals surface area contributed by atoms with E-state index in [4.69, 9.17) is 5.73 Å². The van der Waals surface area contributed by atoms with Crippen molar-refractivity contribution in [3.8, 4) is 0 Å². The Kier molecular flexibility index (Phi) is 15.1. The lowest BCUT2D eigenvalue weighted by molar-refractivity contribution is -0.144. The Morgan fingerprint density at radius 2 is 1.37 bits per heavy atom. The van der Waals surface area contributed by atoms with Gasteiger partial charge in [-0.2, -0.15) is 0 Å². The molecule has 0 aliphatic carbocycles. The highest BCUT2D eigenvalue weighted by atomic mass is 16.4. The molecule has 0 radical (unpaired) electrons. The van der Waals surface area contributed by atoms with Crippen LogP contribution in [0, 0.1) is 11.8 Å². The van der Waals surface area contributed by atoms with Gasteiger partial charge in [0.05, 0.1) is 6.54 Å². The van der Waals surface area contributed by atoms with E-state index in [1.54, 1.807) is 44.2 Å². The lowest BCUT2D eigenvalue weighted by Crippen LogP contribution is -2.59. The maximum atomic E-state index is 13.5. The number of rotatable bonds is 18. The normalized spacial score (nSPS) is 14.6. The Balaban J connectivity index is 3.27. The molecular formula is C28H43N5O8. The molecule has 0 saturated carbocycles. The van der Waals surface area contributed by atoms with Gasteiger partial charge < -0.3 is 37.2 Å². The third kappa shape index (κ3) is 12.8. The van der Waals surface area contributed by atoms with Gasteiger partial charge in [0.1, 0.15) is 24.2 Å². The van der Waals surface area contributed by atoms with Gasteiger partial charge in [0, 0.05) is 12.8 Å². The third-order valence-corrected chi connectivity index (χ3v) is 6.52. The van der Waals surface area contributed by atoms with Crippen molar-refractivity contribution in [1.29, 1.82) is 0 Å². The Bertz CT molecular complexity index is 1050. The van der Waals surface area contributed by atoms with Gasteiger partial charge in [0.25, 0.3) is 0 Å². The highest BCUT2D eigenvalue weighted by Crippen LogP contribution is 2.11. The van der Waals surface area contributed by atoms with Gasteiger partial charge in [-0.05, 0) is 30.2 Å². The Labute approximate surface area is 240 Å². The van der Waals surface area contributed by atoms with Crippen molar-refractivity contribution >= 4 is 35.6 Å². The first-order valence-electron chi connectivity index (χ1n) is 13.7. The summed E-state index contributed by atoms with van der Waals surface area (Å²) in [5.74, 6) is -5.71. The Hall–Kier alpha value is -4.00. The first-order valence-corrected chi connectivity index (χ1v) is 13.7. The molecule has 1 aromatic rings. The summed E-state index contributed by atoms with van der Waals surface area (Å²) >= 11 is 0. The topological polar surface area (TPSA) is 217 Å². The van der Waals surface area contributed by atoms with E-state index in [0.717, 1.165) is 0 Å². The lowest BCUT2D eigenvalue weighted by Gasteiger charge is -2.27. The fourth-order valence-corrected chi connectivity index (χ4v) is 4.03. The van der Waals surface area contributed by atoms with Crippen LogP contribution >= 0.6 is 0 Å². The summed E-state index contributed by atoms with van der Waals surface area (Å²) in [6.45, 7) is 6.79. The van der Waals surface area contributed by atoms with E-state index in [-0.39, 0.29) is 31.7 Å². The largest absolute Gasteiger partial charge is 0.481 e. The van der Waals surface area contributed by atoms with E-state index >= 15 is 0 Å². The molecule has 0 aliphatic heterocycles. The van der Waals surface area contributed by atoms with Crippen LogP contribution in [0.4, 0.5) is 0 Å². The first-order chi connectivity index (χ1) is 19.3. The average Bonchev–Trinajstić information content (AvgIpc) is 2.92. The molecule has 13 nitrogen and oxygen atoms in total. The van der Waals surface area contributed by atoms with Crippen molar-refractivity contribution in [2.24, 2.45) is 17.6 Å². The summed E-state index contributed by atoms with van der Waals surface area (Å²) in [6, 6.07) is 3.94. The summed E-state index contributed by atoms with van der Waals surface area (Å²) in [7, 11) is 0. The van der Waals surface area contributed by atoms with Crippen molar-refractivity contribution in [3.63, 3.8) is 0 Å². The number of aliphatic carboxylic acids is 2. The Morgan fingerprint density at radius 3 is 1.88 bits per heavy atom. The lowest BCUT2D eigenvalue weighted by atomic mass is 9.98. The minimum atomic E-state index is -1.39. The van der Waals surface area contributed by atoms with Crippen LogP contribution in [0.3, 0.4) is 0 Å². The van der Waals surface area contributed by atoms with Gasteiger partial charge in [-0.25, -0.2) is 4.79 Å². The number of hydrogen-bond acceptors (Lipinski definition) is 7. The fourth-order valence-electron chi connectivity index (χ4n) is 4.03. The highest BCUT2D eigenvalue weighted by Gasteiger charge is 2.33. The van der Waals surface area contributed by atoms with Gasteiger partial charge in [-0.15, -0.1) is 0 Å². The molecule has 1 rings (SSSR count). The van der Waals surface area contributed by atoms with Crippen LogP contribution in [0.5, 0.6) is 0 Å². The van der Waals surface area contributed by atoms with Crippen molar-refractivity contribution in [2.45, 2.75) is 84.0 Å². The minimum absolute atomic E-state index is 0.0158. The molecule has 0 bridgehead atoms. The predicted octanol–water partition coefficient (Wildman–Crippen LogP) is 0.169. The molecule has 5 atom stereocenters. The minimum Gasteiger partial charge on any atom is -0.481 e. The molecule has 41 heavy (non-hydrogen) atoms. The average molecular weight is 578 g/mol. The summed E-state index contributed by atoms with van der Waals surface area (Å²) in [5, 5.41) is 28.9. The van der Waals surface area contributed by atoms with E-state index < -0.39 is 72.1 Å². The van der Waals surface area contributed by atoms with Gasteiger partial charge >= 0.3 is 11.9 Å². The van der Waals surface area contributed by atoms with Gasteiger partial charge in [0.2, 0.25) is 23.6 Å². The van der Waals surface area contributed by atoms with Crippen LogP contribution in [0.25, 0.3) is 0 Å². The van der Waals surface area contributed by atoms with E-state index in [1.165, 1.54) is 0 Å². The number of carboxylic acids is 2. The van der Waals surface area contributed by atoms with Crippen LogP contribution in [-0.2, 0) is 35.2 Å².